The predicted octanol–water partition coefficient (Wildman–Crippen LogP) is 1.72. The maximum Gasteiger partial charge on any atom is 0.410 e. The molecule has 7 nitrogen and oxygen atoms in total. The zero-order valence-corrected chi connectivity index (χ0v) is 13.4. The van der Waals surface area contributed by atoms with Crippen LogP contribution in [-0.2, 0) is 9.53 Å². The van der Waals surface area contributed by atoms with Crippen molar-refractivity contribution < 1.29 is 14.3 Å². The Morgan fingerprint density at radius 3 is 2.71 bits per heavy atom. The predicted molar refractivity (Wildman–Crippen MR) is 77.8 cm³/mol. The summed E-state index contributed by atoms with van der Waals surface area (Å²) in [5, 5.41) is 8.56. The first kappa shape index (κ1) is 15.7. The third-order valence-corrected chi connectivity index (χ3v) is 3.65. The van der Waals surface area contributed by atoms with Crippen LogP contribution in [0.5, 0.6) is 0 Å². The number of likely N-dealkylation sites (tertiary alicyclic amines) is 1. The SMILES string of the molecule is CC(NC(=O)[C@H]1CCN1C(=O)OC(C)(C)C)c1csnn1. The van der Waals surface area contributed by atoms with Crippen LogP contribution in [0.25, 0.3) is 0 Å². The molecule has 0 spiro atoms. The molecule has 1 aliphatic heterocycles. The molecule has 1 N–H and O–H groups in total. The van der Waals surface area contributed by atoms with E-state index in [-0.39, 0.29) is 11.9 Å². The van der Waals surface area contributed by atoms with E-state index in [0.29, 0.717) is 13.0 Å². The van der Waals surface area contributed by atoms with E-state index in [4.69, 9.17) is 4.74 Å². The number of hydrogen-bond donors (Lipinski definition) is 1. The van der Waals surface area contributed by atoms with Crippen LogP contribution in [0.3, 0.4) is 0 Å². The summed E-state index contributed by atoms with van der Waals surface area (Å²) in [4.78, 5) is 25.6. The Morgan fingerprint density at radius 1 is 1.52 bits per heavy atom. The first-order valence-electron chi connectivity index (χ1n) is 6.85. The van der Waals surface area contributed by atoms with E-state index in [1.54, 1.807) is 26.2 Å². The lowest BCUT2D eigenvalue weighted by Crippen LogP contribution is -2.59. The first-order chi connectivity index (χ1) is 9.78. The van der Waals surface area contributed by atoms with Gasteiger partial charge in [0.05, 0.1) is 11.7 Å². The number of amides is 2. The van der Waals surface area contributed by atoms with E-state index < -0.39 is 17.7 Å². The molecule has 1 saturated heterocycles. The molecule has 1 aromatic rings. The van der Waals surface area contributed by atoms with E-state index in [1.807, 2.05) is 6.92 Å². The van der Waals surface area contributed by atoms with Gasteiger partial charge in [-0.2, -0.15) is 0 Å². The standard InChI is InChI=1S/C13H20N4O3S/c1-8(9-7-21-16-15-9)14-11(18)10-5-6-17(10)12(19)20-13(2,3)4/h7-8,10H,5-6H2,1-4H3,(H,14,18)/t8?,10-/m1/s1. The maximum atomic E-state index is 12.2. The highest BCUT2D eigenvalue weighted by atomic mass is 32.1. The second-order valence-electron chi connectivity index (χ2n) is 6.04. The van der Waals surface area contributed by atoms with Crippen LogP contribution in [0.1, 0.15) is 45.9 Å². The van der Waals surface area contributed by atoms with Gasteiger partial charge in [0, 0.05) is 11.9 Å². The molecule has 0 radical (unpaired) electrons. The van der Waals surface area contributed by atoms with Gasteiger partial charge in [-0.3, -0.25) is 9.69 Å². The van der Waals surface area contributed by atoms with Gasteiger partial charge in [0.25, 0.3) is 0 Å². The summed E-state index contributed by atoms with van der Waals surface area (Å²) in [6.45, 7) is 7.79. The number of carbonyl (C=O) groups is 2. The lowest BCUT2D eigenvalue weighted by Gasteiger charge is -2.40. The Balaban J connectivity index is 1.90. The lowest BCUT2D eigenvalue weighted by molar-refractivity contribution is -0.131. The van der Waals surface area contributed by atoms with Crippen molar-refractivity contribution in [3.8, 4) is 0 Å². The van der Waals surface area contributed by atoms with E-state index in [2.05, 4.69) is 14.9 Å². The molecule has 1 aliphatic rings. The Hall–Kier alpha value is -1.70. The van der Waals surface area contributed by atoms with Gasteiger partial charge in [-0.1, -0.05) is 4.49 Å². The summed E-state index contributed by atoms with van der Waals surface area (Å²) >= 11 is 1.24. The van der Waals surface area contributed by atoms with Crippen molar-refractivity contribution in [1.82, 2.24) is 19.8 Å². The van der Waals surface area contributed by atoms with Gasteiger partial charge in [-0.15, -0.1) is 5.10 Å². The van der Waals surface area contributed by atoms with Gasteiger partial charge in [0.2, 0.25) is 5.91 Å². The number of carbonyl (C=O) groups excluding carboxylic acids is 2. The molecule has 0 bridgehead atoms. The van der Waals surface area contributed by atoms with Crippen LogP contribution < -0.4 is 5.32 Å². The second kappa shape index (κ2) is 5.97. The Kier molecular flexibility index (Phi) is 4.46. The zero-order chi connectivity index (χ0) is 15.6. The number of ether oxygens (including phenoxy) is 1. The molecule has 2 rings (SSSR count). The summed E-state index contributed by atoms with van der Waals surface area (Å²) in [5.74, 6) is -0.187. The fourth-order valence-corrected chi connectivity index (χ4v) is 2.49. The number of nitrogens with zero attached hydrogens (tertiary/aromatic N) is 3. The number of rotatable bonds is 3. The molecule has 2 heterocycles. The number of hydrogen-bond acceptors (Lipinski definition) is 6. The smallest absolute Gasteiger partial charge is 0.410 e. The summed E-state index contributed by atoms with van der Waals surface area (Å²) in [5.41, 5.74) is 0.157. The van der Waals surface area contributed by atoms with E-state index in [9.17, 15) is 9.59 Å². The van der Waals surface area contributed by atoms with Crippen molar-refractivity contribution in [1.29, 1.82) is 0 Å². The third kappa shape index (κ3) is 3.90. The Bertz CT molecular complexity index is 512. The molecule has 21 heavy (non-hydrogen) atoms. The highest BCUT2D eigenvalue weighted by Gasteiger charge is 2.40. The fourth-order valence-electron chi connectivity index (χ4n) is 1.94. The van der Waals surface area contributed by atoms with Crippen LogP contribution in [0.4, 0.5) is 4.79 Å². The maximum absolute atomic E-state index is 12.2. The summed E-state index contributed by atoms with van der Waals surface area (Å²) < 4.78 is 9.05. The van der Waals surface area contributed by atoms with Crippen molar-refractivity contribution in [3.05, 3.63) is 11.1 Å². The summed E-state index contributed by atoms with van der Waals surface area (Å²) in [6, 6.07) is -0.689. The van der Waals surface area contributed by atoms with Crippen molar-refractivity contribution in [2.24, 2.45) is 0 Å². The van der Waals surface area contributed by atoms with E-state index in [0.717, 1.165) is 5.69 Å². The molecule has 116 valence electrons. The average molecular weight is 312 g/mol. The van der Waals surface area contributed by atoms with Gasteiger partial charge in [-0.25, -0.2) is 4.79 Å². The highest BCUT2D eigenvalue weighted by Crippen LogP contribution is 2.22. The minimum atomic E-state index is -0.562. The molecule has 0 aromatic carbocycles. The van der Waals surface area contributed by atoms with Crippen LogP contribution in [-0.4, -0.2) is 44.7 Å². The minimum absolute atomic E-state index is 0.187. The zero-order valence-electron chi connectivity index (χ0n) is 12.6. The van der Waals surface area contributed by atoms with Crippen LogP contribution >= 0.6 is 11.5 Å². The average Bonchev–Trinajstić information content (AvgIpc) is 2.76. The Labute approximate surface area is 127 Å². The first-order valence-corrected chi connectivity index (χ1v) is 7.68. The summed E-state index contributed by atoms with van der Waals surface area (Å²) in [7, 11) is 0. The molecule has 0 aliphatic carbocycles. The van der Waals surface area contributed by atoms with Crippen molar-refractivity contribution in [2.45, 2.75) is 51.8 Å². The molecule has 1 fully saturated rings. The van der Waals surface area contributed by atoms with Gasteiger partial charge in [-0.05, 0) is 45.6 Å². The fraction of sp³-hybridized carbons (Fsp3) is 0.692. The molecule has 2 atom stereocenters. The van der Waals surface area contributed by atoms with Crippen molar-refractivity contribution >= 4 is 23.5 Å². The molecule has 1 aromatic heterocycles. The molecule has 1 unspecified atom stereocenters. The van der Waals surface area contributed by atoms with Crippen LogP contribution in [0, 0.1) is 0 Å². The van der Waals surface area contributed by atoms with E-state index in [1.165, 1.54) is 16.4 Å². The highest BCUT2D eigenvalue weighted by molar-refractivity contribution is 7.03. The van der Waals surface area contributed by atoms with Gasteiger partial charge in [0.15, 0.2) is 0 Å². The van der Waals surface area contributed by atoms with Gasteiger partial charge in [0.1, 0.15) is 11.6 Å². The van der Waals surface area contributed by atoms with Gasteiger partial charge >= 0.3 is 6.09 Å². The molecule has 8 heteroatoms. The van der Waals surface area contributed by atoms with Crippen molar-refractivity contribution in [3.63, 3.8) is 0 Å². The third-order valence-electron chi connectivity index (χ3n) is 3.13. The quantitative estimate of drug-likeness (QED) is 0.918. The summed E-state index contributed by atoms with van der Waals surface area (Å²) in [6.07, 6.45) is 0.199. The largest absolute Gasteiger partial charge is 0.444 e. The lowest BCUT2D eigenvalue weighted by atomic mass is 10.0. The molecular formula is C13H20N4O3S. The monoisotopic (exact) mass is 312 g/mol. The normalized spacial score (nSPS) is 19.6. The van der Waals surface area contributed by atoms with Gasteiger partial charge < -0.3 is 10.1 Å². The molecule has 0 saturated carbocycles. The van der Waals surface area contributed by atoms with E-state index >= 15 is 0 Å². The van der Waals surface area contributed by atoms with Crippen LogP contribution in [0.15, 0.2) is 5.38 Å². The Morgan fingerprint density at radius 2 is 2.24 bits per heavy atom. The number of aromatic nitrogens is 2. The van der Waals surface area contributed by atoms with Crippen LogP contribution in [0.2, 0.25) is 0 Å². The minimum Gasteiger partial charge on any atom is -0.444 e. The number of nitrogens with one attached hydrogen (secondary N) is 1. The molecular weight excluding hydrogens is 292 g/mol. The second-order valence-corrected chi connectivity index (χ2v) is 6.65. The topological polar surface area (TPSA) is 84.4 Å². The van der Waals surface area contributed by atoms with Crippen molar-refractivity contribution in [2.75, 3.05) is 6.54 Å². The molecule has 2 amide bonds.